The van der Waals surface area contributed by atoms with E-state index in [2.05, 4.69) is 5.32 Å². The number of carboxylic acids is 1. The molecule has 8 heteroatoms. The number of hydrogen-bond donors (Lipinski definition) is 2. The first-order valence-electron chi connectivity index (χ1n) is 7.65. The topological polar surface area (TPSA) is 69.6 Å². The van der Waals surface area contributed by atoms with Crippen molar-refractivity contribution in [3.05, 3.63) is 34.6 Å². The van der Waals surface area contributed by atoms with Crippen molar-refractivity contribution < 1.29 is 19.1 Å². The summed E-state index contributed by atoms with van der Waals surface area (Å²) in [6, 6.07) is 2.92. The number of hydrogen-bond acceptors (Lipinski definition) is 3. The van der Waals surface area contributed by atoms with Crippen LogP contribution in [-0.4, -0.2) is 46.1 Å². The quantitative estimate of drug-likeness (QED) is 0.732. The van der Waals surface area contributed by atoms with Gasteiger partial charge in [-0.25, -0.2) is 14.0 Å². The predicted molar refractivity (Wildman–Crippen MR) is 92.9 cm³/mol. The highest BCUT2D eigenvalue weighted by atomic mass is 35.5. The van der Waals surface area contributed by atoms with Crippen molar-refractivity contribution in [1.82, 2.24) is 10.2 Å². The van der Waals surface area contributed by atoms with Gasteiger partial charge in [0.1, 0.15) is 11.9 Å². The second-order valence-corrected chi connectivity index (χ2v) is 7.07. The number of thioether (sulfide) groups is 1. The van der Waals surface area contributed by atoms with E-state index in [0.717, 1.165) is 12.8 Å². The van der Waals surface area contributed by atoms with E-state index < -0.39 is 23.9 Å². The number of carbonyl (C=O) groups excluding carboxylic acids is 1. The van der Waals surface area contributed by atoms with Crippen LogP contribution in [0, 0.1) is 5.82 Å². The molecule has 1 unspecified atom stereocenters. The van der Waals surface area contributed by atoms with E-state index in [-0.39, 0.29) is 23.2 Å². The van der Waals surface area contributed by atoms with Crippen LogP contribution in [0.2, 0.25) is 5.02 Å². The standard InChI is InChI=1S/C16H20ClFN2O3S/c1-24-8-7-14(15(21)22)19-16(23)20(10-5-6-10)9-11-12(17)3-2-4-13(11)18/h2-4,10,14H,5-9H2,1H3,(H,19,23)(H,21,22). The van der Waals surface area contributed by atoms with Gasteiger partial charge in [-0.1, -0.05) is 17.7 Å². The van der Waals surface area contributed by atoms with Crippen LogP contribution in [0.5, 0.6) is 0 Å². The molecular weight excluding hydrogens is 355 g/mol. The third-order valence-corrected chi connectivity index (χ3v) is 4.84. The van der Waals surface area contributed by atoms with Gasteiger partial charge in [0, 0.05) is 16.6 Å². The van der Waals surface area contributed by atoms with Crippen molar-refractivity contribution in [2.45, 2.75) is 37.9 Å². The van der Waals surface area contributed by atoms with Gasteiger partial charge in [0.05, 0.1) is 6.54 Å². The van der Waals surface area contributed by atoms with E-state index in [1.807, 2.05) is 6.26 Å². The second-order valence-electron chi connectivity index (χ2n) is 5.68. The van der Waals surface area contributed by atoms with Gasteiger partial charge in [0.25, 0.3) is 0 Å². The summed E-state index contributed by atoms with van der Waals surface area (Å²) >= 11 is 7.55. The molecule has 1 aliphatic rings. The maximum absolute atomic E-state index is 14.0. The van der Waals surface area contributed by atoms with Crippen molar-refractivity contribution in [3.63, 3.8) is 0 Å². The summed E-state index contributed by atoms with van der Waals surface area (Å²) in [5.74, 6) is -0.921. The van der Waals surface area contributed by atoms with E-state index in [0.29, 0.717) is 12.2 Å². The van der Waals surface area contributed by atoms with E-state index in [9.17, 15) is 19.1 Å². The third kappa shape index (κ3) is 5.01. The Morgan fingerprint density at radius 3 is 2.75 bits per heavy atom. The highest BCUT2D eigenvalue weighted by Crippen LogP contribution is 2.30. The number of carbonyl (C=O) groups is 2. The van der Waals surface area contributed by atoms with Gasteiger partial charge in [-0.3, -0.25) is 0 Å². The molecule has 0 radical (unpaired) electrons. The van der Waals surface area contributed by atoms with Crippen LogP contribution >= 0.6 is 23.4 Å². The number of nitrogens with one attached hydrogen (secondary N) is 1. The van der Waals surface area contributed by atoms with Crippen LogP contribution in [0.1, 0.15) is 24.8 Å². The van der Waals surface area contributed by atoms with Gasteiger partial charge in [0.2, 0.25) is 0 Å². The van der Waals surface area contributed by atoms with Gasteiger partial charge in [0.15, 0.2) is 0 Å². The molecule has 0 aliphatic heterocycles. The van der Waals surface area contributed by atoms with E-state index >= 15 is 0 Å². The van der Waals surface area contributed by atoms with Crippen LogP contribution in [0.25, 0.3) is 0 Å². The fourth-order valence-electron chi connectivity index (χ4n) is 2.33. The maximum Gasteiger partial charge on any atom is 0.326 e. The number of amides is 2. The molecule has 2 amide bonds. The number of carboxylic acid groups (broad SMARTS) is 1. The fraction of sp³-hybridized carbons (Fsp3) is 0.500. The van der Waals surface area contributed by atoms with Crippen LogP contribution < -0.4 is 5.32 Å². The van der Waals surface area contributed by atoms with E-state index in [1.165, 1.54) is 28.8 Å². The Hall–Kier alpha value is -1.47. The predicted octanol–water partition coefficient (Wildman–Crippen LogP) is 3.36. The lowest BCUT2D eigenvalue weighted by molar-refractivity contribution is -0.139. The van der Waals surface area contributed by atoms with Crippen molar-refractivity contribution in [2.75, 3.05) is 12.0 Å². The first-order valence-corrected chi connectivity index (χ1v) is 9.43. The van der Waals surface area contributed by atoms with Gasteiger partial charge in [-0.05, 0) is 43.4 Å². The minimum absolute atomic E-state index is 0.00401. The molecule has 2 rings (SSSR count). The van der Waals surface area contributed by atoms with Crippen LogP contribution in [-0.2, 0) is 11.3 Å². The molecule has 1 fully saturated rings. The Morgan fingerprint density at radius 2 is 2.21 bits per heavy atom. The Labute approximate surface area is 149 Å². The van der Waals surface area contributed by atoms with E-state index in [4.69, 9.17) is 11.6 Å². The molecule has 1 atom stereocenters. The molecule has 2 N–H and O–H groups in total. The molecule has 5 nitrogen and oxygen atoms in total. The Balaban J connectivity index is 2.09. The first kappa shape index (κ1) is 18.9. The number of benzene rings is 1. The molecule has 1 aromatic carbocycles. The maximum atomic E-state index is 14.0. The summed E-state index contributed by atoms with van der Waals surface area (Å²) in [7, 11) is 0. The lowest BCUT2D eigenvalue weighted by atomic mass is 10.2. The summed E-state index contributed by atoms with van der Waals surface area (Å²) in [6.45, 7) is 0.0247. The number of halogens is 2. The van der Waals surface area contributed by atoms with Gasteiger partial charge in [-0.15, -0.1) is 0 Å². The molecule has 1 aromatic rings. The van der Waals surface area contributed by atoms with Gasteiger partial charge in [-0.2, -0.15) is 11.8 Å². The Kier molecular flexibility index (Phi) is 6.74. The van der Waals surface area contributed by atoms with Crippen molar-refractivity contribution in [1.29, 1.82) is 0 Å². The van der Waals surface area contributed by atoms with Gasteiger partial charge >= 0.3 is 12.0 Å². The van der Waals surface area contributed by atoms with Crippen LogP contribution in [0.3, 0.4) is 0 Å². The summed E-state index contributed by atoms with van der Waals surface area (Å²) < 4.78 is 14.0. The zero-order valence-electron chi connectivity index (χ0n) is 13.3. The molecule has 1 aliphatic carbocycles. The molecule has 0 saturated heterocycles. The summed E-state index contributed by atoms with van der Waals surface area (Å²) in [4.78, 5) is 25.3. The van der Waals surface area contributed by atoms with Crippen LogP contribution in [0.15, 0.2) is 18.2 Å². The minimum Gasteiger partial charge on any atom is -0.480 e. The second kappa shape index (κ2) is 8.58. The first-order chi connectivity index (χ1) is 11.4. The minimum atomic E-state index is -1.07. The number of urea groups is 1. The molecule has 0 aromatic heterocycles. The smallest absolute Gasteiger partial charge is 0.326 e. The SMILES string of the molecule is CSCCC(NC(=O)N(Cc1c(F)cccc1Cl)C1CC1)C(=O)O. The zero-order valence-corrected chi connectivity index (χ0v) is 14.9. The number of nitrogens with zero attached hydrogens (tertiary/aromatic N) is 1. The number of rotatable bonds is 8. The highest BCUT2D eigenvalue weighted by molar-refractivity contribution is 7.98. The summed E-state index contributed by atoms with van der Waals surface area (Å²) in [5, 5.41) is 12.0. The molecule has 0 spiro atoms. The monoisotopic (exact) mass is 374 g/mol. The van der Waals surface area contributed by atoms with Crippen molar-refractivity contribution in [2.24, 2.45) is 0 Å². The lowest BCUT2D eigenvalue weighted by Crippen LogP contribution is -2.48. The average Bonchev–Trinajstić information content (AvgIpc) is 3.35. The van der Waals surface area contributed by atoms with E-state index in [1.54, 1.807) is 6.07 Å². The largest absolute Gasteiger partial charge is 0.480 e. The zero-order chi connectivity index (χ0) is 17.7. The fourth-order valence-corrected chi connectivity index (χ4v) is 3.03. The molecule has 24 heavy (non-hydrogen) atoms. The molecule has 132 valence electrons. The molecule has 0 heterocycles. The van der Waals surface area contributed by atoms with Crippen LogP contribution in [0.4, 0.5) is 9.18 Å². The Morgan fingerprint density at radius 1 is 1.50 bits per heavy atom. The highest BCUT2D eigenvalue weighted by Gasteiger charge is 2.35. The average molecular weight is 375 g/mol. The molecular formula is C16H20ClFN2O3S. The third-order valence-electron chi connectivity index (χ3n) is 3.85. The lowest BCUT2D eigenvalue weighted by Gasteiger charge is -2.25. The molecule has 0 bridgehead atoms. The normalized spacial score (nSPS) is 15.0. The summed E-state index contributed by atoms with van der Waals surface area (Å²) in [5.41, 5.74) is 0.247. The molecule has 1 saturated carbocycles. The van der Waals surface area contributed by atoms with Crippen molar-refractivity contribution >= 4 is 35.4 Å². The number of aliphatic carboxylic acids is 1. The van der Waals surface area contributed by atoms with Crippen molar-refractivity contribution in [3.8, 4) is 0 Å². The van der Waals surface area contributed by atoms with Gasteiger partial charge < -0.3 is 15.3 Å². The Bertz CT molecular complexity index is 593. The summed E-state index contributed by atoms with van der Waals surface area (Å²) in [6.07, 6.45) is 3.85.